The molecule has 1 atom stereocenters. The molecule has 1 aromatic rings. The molecule has 0 radical (unpaired) electrons. The van der Waals surface area contributed by atoms with Gasteiger partial charge in [0, 0.05) is 18.9 Å². The molecular weight excluding hydrogens is 226 g/mol. The smallest absolute Gasteiger partial charge is 0.212 e. The van der Waals surface area contributed by atoms with Crippen molar-refractivity contribution in [2.45, 2.75) is 45.2 Å². The summed E-state index contributed by atoms with van der Waals surface area (Å²) in [4.78, 5) is 3.94. The molecular formula is C13H19N5. The molecule has 0 spiro atoms. The Bertz CT molecular complexity index is 451. The van der Waals surface area contributed by atoms with Crippen LogP contribution in [0.5, 0.6) is 0 Å². The average molecular weight is 245 g/mol. The van der Waals surface area contributed by atoms with Gasteiger partial charge in [-0.2, -0.15) is 10.5 Å². The highest BCUT2D eigenvalue weighted by Gasteiger charge is 2.21. The van der Waals surface area contributed by atoms with Crippen molar-refractivity contribution in [3.05, 3.63) is 18.2 Å². The van der Waals surface area contributed by atoms with Crippen molar-refractivity contribution < 1.29 is 0 Å². The maximum atomic E-state index is 9.19. The van der Waals surface area contributed by atoms with Crippen molar-refractivity contribution in [2.75, 3.05) is 6.54 Å². The molecule has 5 nitrogen and oxygen atoms in total. The van der Waals surface area contributed by atoms with Crippen LogP contribution in [0.3, 0.4) is 0 Å². The van der Waals surface area contributed by atoms with Crippen molar-refractivity contribution in [1.82, 2.24) is 14.9 Å². The van der Waals surface area contributed by atoms with Crippen LogP contribution in [-0.4, -0.2) is 21.6 Å². The zero-order valence-corrected chi connectivity index (χ0v) is 11.0. The molecule has 0 amide bonds. The zero-order chi connectivity index (χ0) is 13.4. The second kappa shape index (κ2) is 6.78. The molecule has 1 unspecified atom stereocenters. The van der Waals surface area contributed by atoms with Gasteiger partial charge in [0.25, 0.3) is 0 Å². The summed E-state index contributed by atoms with van der Waals surface area (Å²) in [5.41, 5.74) is -0.483. The topological polar surface area (TPSA) is 77.4 Å². The number of aryl methyl sites for hydroxylation is 1. The van der Waals surface area contributed by atoms with Gasteiger partial charge in [0.05, 0.1) is 6.07 Å². The predicted molar refractivity (Wildman–Crippen MR) is 68.5 cm³/mol. The molecule has 1 heterocycles. The lowest BCUT2D eigenvalue weighted by Gasteiger charge is -2.23. The number of hydrogen-bond acceptors (Lipinski definition) is 4. The summed E-state index contributed by atoms with van der Waals surface area (Å²) in [6, 6.07) is 4.36. The first-order valence-electron chi connectivity index (χ1n) is 6.22. The lowest BCUT2D eigenvalue weighted by molar-refractivity contribution is 0.394. The fraction of sp³-hybridized carbons (Fsp3) is 0.615. The van der Waals surface area contributed by atoms with Crippen molar-refractivity contribution >= 4 is 0 Å². The van der Waals surface area contributed by atoms with Gasteiger partial charge in [-0.3, -0.25) is 5.32 Å². The first kappa shape index (κ1) is 14.2. The molecule has 0 aliphatic rings. The van der Waals surface area contributed by atoms with Crippen LogP contribution in [0.15, 0.2) is 12.4 Å². The van der Waals surface area contributed by atoms with E-state index in [4.69, 9.17) is 5.26 Å². The van der Waals surface area contributed by atoms with Gasteiger partial charge in [-0.1, -0.05) is 6.92 Å². The largest absolute Gasteiger partial charge is 0.323 e. The number of rotatable bonds is 7. The molecule has 0 aromatic carbocycles. The fourth-order valence-electron chi connectivity index (χ4n) is 1.79. The van der Waals surface area contributed by atoms with Gasteiger partial charge < -0.3 is 4.57 Å². The molecule has 1 N–H and O–H groups in total. The van der Waals surface area contributed by atoms with E-state index in [2.05, 4.69) is 23.3 Å². The molecule has 1 aromatic heterocycles. The lowest BCUT2D eigenvalue weighted by atomic mass is 9.97. The summed E-state index contributed by atoms with van der Waals surface area (Å²) >= 11 is 0. The fourth-order valence-corrected chi connectivity index (χ4v) is 1.79. The van der Waals surface area contributed by atoms with Gasteiger partial charge in [0.1, 0.15) is 11.6 Å². The maximum absolute atomic E-state index is 9.19. The molecule has 0 fully saturated rings. The Labute approximate surface area is 108 Å². The number of hydrogen-bond donors (Lipinski definition) is 1. The van der Waals surface area contributed by atoms with E-state index in [9.17, 15) is 5.26 Å². The summed E-state index contributed by atoms with van der Waals surface area (Å²) in [7, 11) is 0. The second-order valence-electron chi connectivity index (χ2n) is 4.53. The van der Waals surface area contributed by atoms with Crippen molar-refractivity contribution in [3.63, 3.8) is 0 Å². The van der Waals surface area contributed by atoms with Crippen LogP contribution < -0.4 is 5.32 Å². The van der Waals surface area contributed by atoms with Crippen LogP contribution in [0.4, 0.5) is 0 Å². The Morgan fingerprint density at radius 3 is 2.89 bits per heavy atom. The van der Waals surface area contributed by atoms with Crippen molar-refractivity contribution in [1.29, 1.82) is 10.5 Å². The van der Waals surface area contributed by atoms with E-state index in [0.29, 0.717) is 12.4 Å². The third-order valence-electron chi connectivity index (χ3n) is 2.90. The Morgan fingerprint density at radius 2 is 2.28 bits per heavy atom. The molecule has 0 bridgehead atoms. The minimum atomic E-state index is -0.483. The summed E-state index contributed by atoms with van der Waals surface area (Å²) in [5.74, 6) is 0.426. The molecule has 1 rings (SSSR count). The van der Waals surface area contributed by atoms with Crippen LogP contribution in [0.1, 0.15) is 38.9 Å². The Balaban J connectivity index is 2.45. The highest BCUT2D eigenvalue weighted by Crippen LogP contribution is 2.12. The number of nitrogens with one attached hydrogen (secondary N) is 1. The molecule has 96 valence electrons. The van der Waals surface area contributed by atoms with Crippen LogP contribution in [0, 0.1) is 22.7 Å². The van der Waals surface area contributed by atoms with Gasteiger partial charge >= 0.3 is 0 Å². The number of nitrogens with zero attached hydrogens (tertiary/aromatic N) is 4. The van der Waals surface area contributed by atoms with Crippen LogP contribution in [0.25, 0.3) is 0 Å². The number of nitriles is 2. The summed E-state index contributed by atoms with van der Waals surface area (Å²) in [6.07, 6.45) is 6.02. The van der Waals surface area contributed by atoms with Crippen LogP contribution in [-0.2, 0) is 6.54 Å². The standard InChI is InChI=1S/C13H19N5/c1-3-6-17-13(2,11-15)5-4-8-18-9-7-16-12(18)10-14/h7,9,17H,3-6,8H2,1-2H3. The Kier molecular flexibility index (Phi) is 5.35. The minimum Gasteiger partial charge on any atom is -0.323 e. The molecule has 0 saturated carbocycles. The maximum Gasteiger partial charge on any atom is 0.212 e. The normalized spacial score (nSPS) is 13.6. The highest BCUT2D eigenvalue weighted by atomic mass is 15.1. The van der Waals surface area contributed by atoms with Crippen molar-refractivity contribution in [3.8, 4) is 12.1 Å². The first-order chi connectivity index (χ1) is 8.65. The Hall–Kier alpha value is -1.85. The molecule has 5 heteroatoms. The summed E-state index contributed by atoms with van der Waals surface area (Å²) in [6.45, 7) is 5.56. The summed E-state index contributed by atoms with van der Waals surface area (Å²) < 4.78 is 1.82. The van der Waals surface area contributed by atoms with Gasteiger partial charge in [0.15, 0.2) is 0 Å². The second-order valence-corrected chi connectivity index (χ2v) is 4.53. The molecule has 0 saturated heterocycles. The zero-order valence-electron chi connectivity index (χ0n) is 11.0. The number of aromatic nitrogens is 2. The third kappa shape index (κ3) is 3.87. The van der Waals surface area contributed by atoms with E-state index in [1.807, 2.05) is 17.6 Å². The van der Waals surface area contributed by atoms with E-state index in [0.717, 1.165) is 25.8 Å². The molecule has 0 aliphatic carbocycles. The van der Waals surface area contributed by atoms with Crippen LogP contribution in [0.2, 0.25) is 0 Å². The van der Waals surface area contributed by atoms with Gasteiger partial charge in [-0.15, -0.1) is 0 Å². The highest BCUT2D eigenvalue weighted by molar-refractivity contribution is 5.11. The summed E-state index contributed by atoms with van der Waals surface area (Å²) in [5, 5.41) is 21.3. The third-order valence-corrected chi connectivity index (χ3v) is 2.90. The van der Waals surface area contributed by atoms with Gasteiger partial charge in [-0.25, -0.2) is 4.98 Å². The molecule has 0 aliphatic heterocycles. The SMILES string of the molecule is CCCNC(C)(C#N)CCCn1ccnc1C#N. The monoisotopic (exact) mass is 245 g/mol. The van der Waals surface area contributed by atoms with Crippen LogP contribution >= 0.6 is 0 Å². The van der Waals surface area contributed by atoms with Crippen molar-refractivity contribution in [2.24, 2.45) is 0 Å². The minimum absolute atomic E-state index is 0.426. The van der Waals surface area contributed by atoms with E-state index in [1.54, 1.807) is 12.4 Å². The lowest BCUT2D eigenvalue weighted by Crippen LogP contribution is -2.41. The number of imidazole rings is 1. The average Bonchev–Trinajstić information content (AvgIpc) is 2.84. The van der Waals surface area contributed by atoms with Gasteiger partial charge in [0.2, 0.25) is 5.82 Å². The quantitative estimate of drug-likeness (QED) is 0.794. The van der Waals surface area contributed by atoms with E-state index in [-0.39, 0.29) is 0 Å². The Morgan fingerprint density at radius 1 is 1.50 bits per heavy atom. The van der Waals surface area contributed by atoms with E-state index >= 15 is 0 Å². The molecule has 18 heavy (non-hydrogen) atoms. The first-order valence-corrected chi connectivity index (χ1v) is 6.22. The van der Waals surface area contributed by atoms with Gasteiger partial charge in [-0.05, 0) is 32.7 Å². The van der Waals surface area contributed by atoms with E-state index in [1.165, 1.54) is 0 Å². The predicted octanol–water partition coefficient (Wildman–Crippen LogP) is 1.82. The van der Waals surface area contributed by atoms with E-state index < -0.39 is 5.54 Å².